The van der Waals surface area contributed by atoms with E-state index in [9.17, 15) is 14.4 Å². The van der Waals surface area contributed by atoms with Gasteiger partial charge in [-0.2, -0.15) is 0 Å². The molecule has 0 aromatic heterocycles. The Labute approximate surface area is 140 Å². The molecule has 0 aliphatic heterocycles. The molecule has 0 aliphatic rings. The fourth-order valence-corrected chi connectivity index (χ4v) is 0. The van der Waals surface area contributed by atoms with Crippen LogP contribution >= 0.6 is 0 Å². The van der Waals surface area contributed by atoms with Crippen molar-refractivity contribution in [2.45, 2.75) is 0 Å². The van der Waals surface area contributed by atoms with Gasteiger partial charge in [-0.15, -0.1) is 0 Å². The van der Waals surface area contributed by atoms with Crippen LogP contribution in [-0.2, 0) is 31.2 Å². The van der Waals surface area contributed by atoms with Crippen molar-refractivity contribution in [1.29, 1.82) is 0 Å². The molecule has 0 atom stereocenters. The first kappa shape index (κ1) is 42.8. The Morgan fingerprint density at radius 2 is 0.632 bits per heavy atom. The molecule has 0 saturated heterocycles. The maximum absolute atomic E-state index is 9.47. The van der Waals surface area contributed by atoms with Gasteiger partial charge < -0.3 is 71.6 Å². The van der Waals surface area contributed by atoms with Crippen LogP contribution in [-0.4, -0.2) is 37.4 Å². The van der Waals surface area contributed by atoms with Gasteiger partial charge in [-0.25, -0.2) is 0 Å². The zero-order valence-corrected chi connectivity index (χ0v) is 13.1. The number of carbonyl (C=O) groups is 3. The largest absolute Gasteiger partial charge is 3.00 e. The Bertz CT molecular complexity index is 179. The minimum absolute atomic E-state index is 0. The monoisotopic (exact) mass is 386 g/mol. The number of amides is 3. The smallest absolute Gasteiger partial charge is 1.00 e. The van der Waals surface area contributed by atoms with E-state index >= 15 is 0 Å². The van der Waals surface area contributed by atoms with E-state index in [0.717, 1.165) is 0 Å². The van der Waals surface area contributed by atoms with E-state index in [1.54, 1.807) is 0 Å². The van der Waals surface area contributed by atoms with Crippen LogP contribution in [0.3, 0.4) is 0 Å². The van der Waals surface area contributed by atoms with Gasteiger partial charge in [0.1, 0.15) is 0 Å². The second-order valence-electron chi connectivity index (χ2n) is 2.01. The van der Waals surface area contributed by atoms with Crippen molar-refractivity contribution in [3.8, 4) is 0 Å². The molecule has 0 unspecified atom stereocenters. The minimum Gasteiger partial charge on any atom is -1.00 e. The first-order valence-electron chi connectivity index (χ1n) is 3.76. The molecule has 0 aromatic carbocycles. The molecule has 19 heavy (non-hydrogen) atoms. The fourth-order valence-electron chi connectivity index (χ4n) is 0. The van der Waals surface area contributed by atoms with Crippen molar-refractivity contribution >= 4 is 17.7 Å². The van der Waals surface area contributed by atoms with Gasteiger partial charge in [-0.1, -0.05) is 0 Å². The molecule has 0 fully saturated rings. The summed E-state index contributed by atoms with van der Waals surface area (Å²) >= 11 is 0. The molecule has 9 nitrogen and oxygen atoms in total. The molecule has 0 aliphatic carbocycles. The van der Waals surface area contributed by atoms with Crippen LogP contribution in [0.15, 0.2) is 0 Å². The zero-order valence-electron chi connectivity index (χ0n) is 9.78. The first-order valence-corrected chi connectivity index (χ1v) is 3.76. The molecule has 12 N–H and O–H groups in total. The fraction of sp³-hybridized carbons (Fsp3) is 0.500. The average Bonchev–Trinajstić information content (AvgIpc) is 2.19. The van der Waals surface area contributed by atoms with Crippen molar-refractivity contribution < 1.29 is 68.4 Å². The van der Waals surface area contributed by atoms with E-state index in [1.807, 2.05) is 0 Å². The van der Waals surface area contributed by atoms with Gasteiger partial charge in [-0.3, -0.25) is 14.4 Å². The molecule has 0 rings (SSSR count). The average molecular weight is 388 g/mol. The number of rotatable bonds is 3. The van der Waals surface area contributed by atoms with Crippen molar-refractivity contribution in [3.05, 3.63) is 0 Å². The van der Waals surface area contributed by atoms with Crippen LogP contribution in [0, 0.1) is 0 Å². The van der Waals surface area contributed by atoms with Crippen molar-refractivity contribution in [1.82, 2.24) is 0 Å². The molecule has 0 bridgehead atoms. The van der Waals surface area contributed by atoms with Gasteiger partial charge in [0.05, 0.1) is 19.6 Å². The Morgan fingerprint density at radius 3 is 0.632 bits per heavy atom. The molecule has 0 heterocycles. The first-order chi connectivity index (χ1) is 6.81. The second-order valence-corrected chi connectivity index (χ2v) is 2.01. The van der Waals surface area contributed by atoms with Crippen molar-refractivity contribution in [2.75, 3.05) is 19.6 Å². The van der Waals surface area contributed by atoms with Gasteiger partial charge in [0.25, 0.3) is 0 Å². The molecule has 0 aromatic rings. The Balaban J connectivity index is -0.0000000206. The summed E-state index contributed by atoms with van der Waals surface area (Å²) in [5.74, 6) is -1.40. The zero-order chi connectivity index (χ0) is 12.9. The Hall–Kier alpha value is -0.334. The quantitative estimate of drug-likeness (QED) is 0.277. The second kappa shape index (κ2) is 36.1. The van der Waals surface area contributed by atoms with Gasteiger partial charge in [0.2, 0.25) is 17.7 Å². The molecule has 0 spiro atoms. The molecular weight excluding hydrogens is 369 g/mol. The summed E-state index contributed by atoms with van der Waals surface area (Å²) in [6.07, 6.45) is 0. The molecule has 0 saturated carbocycles. The molecule has 0 radical (unpaired) electrons. The number of carbonyl (C=O) groups excluding carboxylic acids is 3. The van der Waals surface area contributed by atoms with E-state index in [4.69, 9.17) is 17.2 Å². The third-order valence-electron chi connectivity index (χ3n) is 0.604. The third kappa shape index (κ3) is 135. The maximum atomic E-state index is 9.47. The van der Waals surface area contributed by atoms with E-state index in [0.29, 0.717) is 0 Å². The van der Waals surface area contributed by atoms with Crippen LogP contribution in [0.5, 0.6) is 0 Å². The molecule has 120 valence electrons. The van der Waals surface area contributed by atoms with Crippen LogP contribution < -0.4 is 71.6 Å². The number of primary amides is 3. The van der Waals surface area contributed by atoms with Gasteiger partial charge in [0.15, 0.2) is 0 Å². The summed E-state index contributed by atoms with van der Waals surface area (Å²) in [6.45, 7) is -0.167. The standard InChI is InChI=1S/3C2H6N2O.3ClH.Co/c3*3-1-2(4)5;;;;/h3*1,3H2,(H2,4,5);3*1H;/q;;;;;;+3/p-3. The van der Waals surface area contributed by atoms with Gasteiger partial charge >= 0.3 is 16.8 Å². The summed E-state index contributed by atoms with van der Waals surface area (Å²) in [4.78, 5) is 28.4. The Kier molecular flexibility index (Phi) is 81.2. The SMILES string of the molecule is NCC(N)=O.NCC(N)=O.NCC(N)=O.[Cl-].[Cl-].[Cl-].[Co+3]. The van der Waals surface area contributed by atoms with Crippen molar-refractivity contribution in [2.24, 2.45) is 34.4 Å². The molecular formula is C6H18Cl3CoN6O3. The van der Waals surface area contributed by atoms with Crippen molar-refractivity contribution in [3.63, 3.8) is 0 Å². The number of halogens is 3. The predicted molar refractivity (Wildman–Crippen MR) is 54.7 cm³/mol. The van der Waals surface area contributed by atoms with Crippen LogP contribution in [0.1, 0.15) is 0 Å². The summed E-state index contributed by atoms with van der Waals surface area (Å²) in [5, 5.41) is 0. The van der Waals surface area contributed by atoms with E-state index < -0.39 is 17.7 Å². The molecule has 3 amide bonds. The normalized spacial score (nSPS) is 5.84. The van der Waals surface area contributed by atoms with E-state index in [-0.39, 0.29) is 73.6 Å². The number of hydrogen-bond acceptors (Lipinski definition) is 6. The predicted octanol–water partition coefficient (Wildman–Crippen LogP) is -13.7. The van der Waals surface area contributed by atoms with E-state index in [1.165, 1.54) is 0 Å². The topological polar surface area (TPSA) is 207 Å². The van der Waals surface area contributed by atoms with E-state index in [2.05, 4.69) is 17.2 Å². The minimum atomic E-state index is -0.468. The summed E-state index contributed by atoms with van der Waals surface area (Å²) in [5.41, 5.74) is 27.7. The summed E-state index contributed by atoms with van der Waals surface area (Å²) in [7, 11) is 0. The third-order valence-corrected chi connectivity index (χ3v) is 0.604. The number of nitrogens with two attached hydrogens (primary N) is 6. The molecule has 13 heteroatoms. The number of hydrogen-bond donors (Lipinski definition) is 6. The van der Waals surface area contributed by atoms with Crippen LogP contribution in [0.4, 0.5) is 0 Å². The maximum Gasteiger partial charge on any atom is 3.00 e. The van der Waals surface area contributed by atoms with Crippen LogP contribution in [0.25, 0.3) is 0 Å². The van der Waals surface area contributed by atoms with Gasteiger partial charge in [-0.05, 0) is 0 Å². The Morgan fingerprint density at radius 1 is 0.579 bits per heavy atom. The van der Waals surface area contributed by atoms with Gasteiger partial charge in [0, 0.05) is 0 Å². The summed E-state index contributed by atoms with van der Waals surface area (Å²) < 4.78 is 0. The van der Waals surface area contributed by atoms with Crippen LogP contribution in [0.2, 0.25) is 0 Å². The summed E-state index contributed by atoms with van der Waals surface area (Å²) in [6, 6.07) is 0.